The van der Waals surface area contributed by atoms with Crippen LogP contribution in [0.25, 0.3) is 0 Å². The van der Waals surface area contributed by atoms with E-state index < -0.39 is 0 Å². The molecule has 4 nitrogen and oxygen atoms in total. The van der Waals surface area contributed by atoms with Crippen molar-refractivity contribution in [3.63, 3.8) is 0 Å². The number of aliphatic imine (C=N–C) groups is 1. The van der Waals surface area contributed by atoms with Gasteiger partial charge in [0, 0.05) is 19.6 Å². The lowest BCUT2D eigenvalue weighted by molar-refractivity contribution is 0.300. The average molecular weight is 361 g/mol. The minimum atomic E-state index is 0. The Bertz CT molecular complexity index is 170. The molecule has 16 heavy (non-hydrogen) atoms. The first kappa shape index (κ1) is 18.7. The zero-order chi connectivity index (χ0) is 11.4. The molecule has 3 N–H and O–H groups in total. The number of halogens is 1. The fourth-order valence-electron chi connectivity index (χ4n) is 1.07. The molecule has 98 valence electrons. The average Bonchev–Trinajstić information content (AvgIpc) is 2.25. The number of rotatable bonds is 8. The van der Waals surface area contributed by atoms with Crippen molar-refractivity contribution >= 4 is 41.7 Å². The summed E-state index contributed by atoms with van der Waals surface area (Å²) >= 11 is 1.87. The Balaban J connectivity index is 0. The summed E-state index contributed by atoms with van der Waals surface area (Å²) < 4.78 is 0. The van der Waals surface area contributed by atoms with Crippen molar-refractivity contribution in [1.29, 1.82) is 0 Å². The van der Waals surface area contributed by atoms with Crippen LogP contribution in [0.2, 0.25) is 0 Å². The van der Waals surface area contributed by atoms with Crippen LogP contribution < -0.4 is 10.6 Å². The quantitative estimate of drug-likeness (QED) is 0.264. The highest BCUT2D eigenvalue weighted by Crippen LogP contribution is 1.98. The summed E-state index contributed by atoms with van der Waals surface area (Å²) in [7, 11) is 0. The van der Waals surface area contributed by atoms with Crippen LogP contribution in [0.1, 0.15) is 19.8 Å². The highest BCUT2D eigenvalue weighted by molar-refractivity contribution is 14.0. The number of unbranched alkanes of at least 4 members (excludes halogenated alkanes) is 1. The van der Waals surface area contributed by atoms with E-state index in [2.05, 4.69) is 21.9 Å². The van der Waals surface area contributed by atoms with Crippen LogP contribution in [0.15, 0.2) is 4.99 Å². The number of hydrogen-bond donors (Lipinski definition) is 3. The maximum Gasteiger partial charge on any atom is 0.191 e. The van der Waals surface area contributed by atoms with Gasteiger partial charge in [-0.25, -0.2) is 0 Å². The highest BCUT2D eigenvalue weighted by atomic mass is 127. The zero-order valence-electron chi connectivity index (χ0n) is 10.2. The molecule has 0 rings (SSSR count). The minimum Gasteiger partial charge on any atom is -0.395 e. The van der Waals surface area contributed by atoms with Gasteiger partial charge in [-0.3, -0.25) is 4.99 Å². The molecule has 0 amide bonds. The minimum absolute atomic E-state index is 0. The Kier molecular flexibility index (Phi) is 17.9. The molecule has 0 spiro atoms. The maximum absolute atomic E-state index is 8.68. The lowest BCUT2D eigenvalue weighted by atomic mass is 10.3. The number of aliphatic hydroxyl groups is 1. The molecule has 0 aromatic rings. The second-order valence-electron chi connectivity index (χ2n) is 3.11. The van der Waals surface area contributed by atoms with Gasteiger partial charge in [0.25, 0.3) is 0 Å². The summed E-state index contributed by atoms with van der Waals surface area (Å²) in [6.07, 6.45) is 4.46. The van der Waals surface area contributed by atoms with Crippen molar-refractivity contribution in [3.05, 3.63) is 0 Å². The van der Waals surface area contributed by atoms with Gasteiger partial charge in [0.2, 0.25) is 0 Å². The van der Waals surface area contributed by atoms with Gasteiger partial charge < -0.3 is 15.7 Å². The third kappa shape index (κ3) is 12.4. The molecule has 0 aliphatic heterocycles. The van der Waals surface area contributed by atoms with Crippen LogP contribution in [-0.2, 0) is 0 Å². The van der Waals surface area contributed by atoms with Crippen molar-refractivity contribution in [3.8, 4) is 0 Å². The molecule has 0 saturated heterocycles. The van der Waals surface area contributed by atoms with Gasteiger partial charge in [0.05, 0.1) is 6.61 Å². The second-order valence-corrected chi connectivity index (χ2v) is 4.10. The smallest absolute Gasteiger partial charge is 0.191 e. The lowest BCUT2D eigenvalue weighted by Crippen LogP contribution is -2.38. The van der Waals surface area contributed by atoms with Gasteiger partial charge in [-0.05, 0) is 31.8 Å². The molecule has 0 aliphatic carbocycles. The number of guanidine groups is 1. The van der Waals surface area contributed by atoms with E-state index in [0.29, 0.717) is 6.54 Å². The van der Waals surface area contributed by atoms with E-state index in [4.69, 9.17) is 5.11 Å². The molecular weight excluding hydrogens is 337 g/mol. The van der Waals surface area contributed by atoms with E-state index in [1.807, 2.05) is 18.7 Å². The molecule has 0 aromatic heterocycles. The summed E-state index contributed by atoms with van der Waals surface area (Å²) in [5.74, 6) is 2.01. The molecule has 0 heterocycles. The largest absolute Gasteiger partial charge is 0.395 e. The van der Waals surface area contributed by atoms with E-state index in [1.54, 1.807) is 0 Å². The van der Waals surface area contributed by atoms with Crippen LogP contribution in [0, 0.1) is 0 Å². The summed E-state index contributed by atoms with van der Waals surface area (Å²) in [5.41, 5.74) is 0. The third-order valence-corrected chi connectivity index (χ3v) is 2.47. The first-order valence-electron chi connectivity index (χ1n) is 5.47. The van der Waals surface area contributed by atoms with E-state index in [0.717, 1.165) is 25.5 Å². The SMILES string of the molecule is CCNC(=NCCCCSC)NCCO.I. The van der Waals surface area contributed by atoms with Gasteiger partial charge in [0.15, 0.2) is 5.96 Å². The number of aliphatic hydroxyl groups excluding tert-OH is 1. The molecule has 0 atom stereocenters. The summed E-state index contributed by atoms with van der Waals surface area (Å²) in [6, 6.07) is 0. The Labute approximate surface area is 120 Å². The lowest BCUT2D eigenvalue weighted by Gasteiger charge is -2.09. The van der Waals surface area contributed by atoms with Crippen LogP contribution in [-0.4, -0.2) is 49.3 Å². The Morgan fingerprint density at radius 1 is 1.31 bits per heavy atom. The van der Waals surface area contributed by atoms with Crippen molar-refractivity contribution in [2.45, 2.75) is 19.8 Å². The fourth-order valence-corrected chi connectivity index (χ4v) is 1.56. The van der Waals surface area contributed by atoms with Crippen molar-refractivity contribution in [2.24, 2.45) is 4.99 Å². The number of hydrogen-bond acceptors (Lipinski definition) is 3. The van der Waals surface area contributed by atoms with Crippen LogP contribution in [0.4, 0.5) is 0 Å². The van der Waals surface area contributed by atoms with Gasteiger partial charge in [-0.2, -0.15) is 11.8 Å². The molecule has 6 heteroatoms. The summed E-state index contributed by atoms with van der Waals surface area (Å²) in [5, 5.41) is 14.9. The Morgan fingerprint density at radius 2 is 2.06 bits per heavy atom. The topological polar surface area (TPSA) is 56.7 Å². The van der Waals surface area contributed by atoms with E-state index in [1.165, 1.54) is 12.2 Å². The number of nitrogens with one attached hydrogen (secondary N) is 2. The molecular formula is C10H24IN3OS. The molecule has 0 bridgehead atoms. The van der Waals surface area contributed by atoms with Gasteiger partial charge in [-0.1, -0.05) is 0 Å². The maximum atomic E-state index is 8.68. The third-order valence-electron chi connectivity index (χ3n) is 1.77. The normalized spacial score (nSPS) is 10.8. The van der Waals surface area contributed by atoms with Crippen LogP contribution >= 0.6 is 35.7 Å². The van der Waals surface area contributed by atoms with Crippen LogP contribution in [0.3, 0.4) is 0 Å². The zero-order valence-corrected chi connectivity index (χ0v) is 13.3. The van der Waals surface area contributed by atoms with Crippen LogP contribution in [0.5, 0.6) is 0 Å². The van der Waals surface area contributed by atoms with E-state index >= 15 is 0 Å². The molecule has 0 saturated carbocycles. The standard InChI is InChI=1S/C10H23N3OS.HI/c1-3-11-10(13-7-8-14)12-6-4-5-9-15-2;/h14H,3-9H2,1-2H3,(H2,11,12,13);1H. The van der Waals surface area contributed by atoms with Gasteiger partial charge in [-0.15, -0.1) is 24.0 Å². The monoisotopic (exact) mass is 361 g/mol. The fraction of sp³-hybridized carbons (Fsp3) is 0.900. The first-order chi connectivity index (χ1) is 7.35. The van der Waals surface area contributed by atoms with Gasteiger partial charge >= 0.3 is 0 Å². The second kappa shape index (κ2) is 15.3. The summed E-state index contributed by atoms with van der Waals surface area (Å²) in [6.45, 7) is 4.42. The van der Waals surface area contributed by atoms with Crippen molar-refractivity contribution in [1.82, 2.24) is 10.6 Å². The predicted molar refractivity (Wildman–Crippen MR) is 84.1 cm³/mol. The Morgan fingerprint density at radius 3 is 2.62 bits per heavy atom. The molecule has 0 aliphatic rings. The highest BCUT2D eigenvalue weighted by Gasteiger charge is 1.94. The van der Waals surface area contributed by atoms with Gasteiger partial charge in [0.1, 0.15) is 0 Å². The molecule has 0 unspecified atom stereocenters. The van der Waals surface area contributed by atoms with Crippen molar-refractivity contribution in [2.75, 3.05) is 38.2 Å². The van der Waals surface area contributed by atoms with E-state index in [9.17, 15) is 0 Å². The molecule has 0 radical (unpaired) electrons. The van der Waals surface area contributed by atoms with Crippen molar-refractivity contribution < 1.29 is 5.11 Å². The number of thioether (sulfide) groups is 1. The molecule has 0 fully saturated rings. The number of nitrogens with zero attached hydrogens (tertiary/aromatic N) is 1. The predicted octanol–water partition coefficient (Wildman–Crippen LogP) is 1.29. The molecule has 0 aromatic carbocycles. The first-order valence-corrected chi connectivity index (χ1v) is 6.86. The Hall–Kier alpha value is 0.310. The summed E-state index contributed by atoms with van der Waals surface area (Å²) in [4.78, 5) is 4.40. The van der Waals surface area contributed by atoms with E-state index in [-0.39, 0.29) is 30.6 Å².